The lowest BCUT2D eigenvalue weighted by molar-refractivity contribution is 0.954. The van der Waals surface area contributed by atoms with Gasteiger partial charge < -0.3 is 9.13 Å². The molecule has 4 aromatic rings. The van der Waals surface area contributed by atoms with Crippen molar-refractivity contribution in [3.63, 3.8) is 0 Å². The molecule has 0 saturated carbocycles. The fourth-order valence-corrected chi connectivity index (χ4v) is 3.25. The van der Waals surface area contributed by atoms with E-state index in [2.05, 4.69) is 0 Å². The lowest BCUT2D eigenvalue weighted by Gasteiger charge is -2.14. The summed E-state index contributed by atoms with van der Waals surface area (Å²) in [5.74, 6) is 0. The zero-order chi connectivity index (χ0) is 15.4. The molecule has 0 aliphatic heterocycles. The monoisotopic (exact) mass is 290 g/mol. The maximum Gasteiger partial charge on any atom is 0.213 e. The number of benzene rings is 2. The Hall–Kier alpha value is -2.88. The van der Waals surface area contributed by atoms with Crippen molar-refractivity contribution in [2.45, 2.75) is 0 Å². The standard InChI is InChI=1S/C18H14N2O2/c1-19-13-9-5-3-7-11(13)18(22)16-15(19)17(21)12-8-4-6-10-14(12)20(16)2/h3-10H,1-2H3. The largest absolute Gasteiger partial charge is 0.339 e. The van der Waals surface area contributed by atoms with Gasteiger partial charge in [0, 0.05) is 24.9 Å². The Kier molecular flexibility index (Phi) is 2.51. The van der Waals surface area contributed by atoms with Crippen molar-refractivity contribution < 1.29 is 0 Å². The molecule has 4 nitrogen and oxygen atoms in total. The first-order valence-corrected chi connectivity index (χ1v) is 7.10. The van der Waals surface area contributed by atoms with Gasteiger partial charge in [-0.15, -0.1) is 0 Å². The van der Waals surface area contributed by atoms with Crippen LogP contribution in [0.25, 0.3) is 32.8 Å². The average Bonchev–Trinajstić information content (AvgIpc) is 2.56. The number of rotatable bonds is 0. The zero-order valence-corrected chi connectivity index (χ0v) is 12.3. The number of hydrogen-bond acceptors (Lipinski definition) is 2. The Bertz CT molecular complexity index is 1090. The van der Waals surface area contributed by atoms with Gasteiger partial charge in [-0.25, -0.2) is 0 Å². The van der Waals surface area contributed by atoms with E-state index >= 15 is 0 Å². The fraction of sp³-hybridized carbons (Fsp3) is 0.111. The summed E-state index contributed by atoms with van der Waals surface area (Å²) in [7, 11) is 3.67. The van der Waals surface area contributed by atoms with E-state index in [1.54, 1.807) is 12.1 Å². The van der Waals surface area contributed by atoms with Crippen LogP contribution in [0.3, 0.4) is 0 Å². The summed E-state index contributed by atoms with van der Waals surface area (Å²) in [5.41, 5.74) is 2.23. The normalized spacial score (nSPS) is 11.5. The second kappa shape index (κ2) is 4.31. The maximum absolute atomic E-state index is 12.9. The summed E-state index contributed by atoms with van der Waals surface area (Å²) < 4.78 is 3.64. The Labute approximate surface area is 125 Å². The lowest BCUT2D eigenvalue weighted by atomic mass is 10.1. The first-order chi connectivity index (χ1) is 10.6. The molecule has 2 heterocycles. The number of nitrogens with zero attached hydrogens (tertiary/aromatic N) is 2. The van der Waals surface area contributed by atoms with Crippen LogP contribution in [-0.2, 0) is 14.1 Å². The second-order valence-electron chi connectivity index (χ2n) is 5.51. The van der Waals surface area contributed by atoms with Crippen molar-refractivity contribution in [1.29, 1.82) is 0 Å². The van der Waals surface area contributed by atoms with Crippen molar-refractivity contribution in [2.75, 3.05) is 0 Å². The Morgan fingerprint density at radius 1 is 0.636 bits per heavy atom. The number of aromatic nitrogens is 2. The van der Waals surface area contributed by atoms with Crippen molar-refractivity contribution in [1.82, 2.24) is 9.13 Å². The number of hydrogen-bond donors (Lipinski definition) is 0. The molecule has 0 fully saturated rings. The summed E-state index contributed by atoms with van der Waals surface area (Å²) in [6.45, 7) is 0. The third-order valence-corrected chi connectivity index (χ3v) is 4.35. The molecular formula is C18H14N2O2. The van der Waals surface area contributed by atoms with Gasteiger partial charge in [0.05, 0.1) is 11.0 Å². The van der Waals surface area contributed by atoms with Gasteiger partial charge in [0.25, 0.3) is 0 Å². The number of fused-ring (bicyclic) bond motifs is 3. The highest BCUT2D eigenvalue weighted by atomic mass is 16.1. The van der Waals surface area contributed by atoms with Gasteiger partial charge in [0.15, 0.2) is 0 Å². The minimum absolute atomic E-state index is 0.103. The minimum Gasteiger partial charge on any atom is -0.339 e. The SMILES string of the molecule is Cn1c2ccccc2c(=O)c2c1c(=O)c1ccccc1n2C. The molecule has 108 valence electrons. The summed E-state index contributed by atoms with van der Waals surface area (Å²) in [4.78, 5) is 25.8. The summed E-state index contributed by atoms with van der Waals surface area (Å²) in [6.07, 6.45) is 0. The number of aryl methyl sites for hydroxylation is 2. The summed E-state index contributed by atoms with van der Waals surface area (Å²) in [5, 5.41) is 1.26. The molecule has 4 heteroatoms. The van der Waals surface area contributed by atoms with E-state index in [0.717, 1.165) is 11.0 Å². The summed E-state index contributed by atoms with van der Waals surface area (Å²) >= 11 is 0. The molecule has 0 aliphatic carbocycles. The molecule has 0 unspecified atom stereocenters. The quantitative estimate of drug-likeness (QED) is 0.467. The highest BCUT2D eigenvalue weighted by Crippen LogP contribution is 2.19. The van der Waals surface area contributed by atoms with Crippen molar-refractivity contribution in [2.24, 2.45) is 14.1 Å². The molecule has 0 bridgehead atoms. The van der Waals surface area contributed by atoms with Gasteiger partial charge in [-0.05, 0) is 24.3 Å². The first kappa shape index (κ1) is 12.8. The van der Waals surface area contributed by atoms with Crippen LogP contribution in [0.2, 0.25) is 0 Å². The topological polar surface area (TPSA) is 44.0 Å². The van der Waals surface area contributed by atoms with Crippen molar-refractivity contribution >= 4 is 32.8 Å². The van der Waals surface area contributed by atoms with E-state index in [1.807, 2.05) is 59.6 Å². The van der Waals surface area contributed by atoms with Crippen LogP contribution in [0, 0.1) is 0 Å². The maximum atomic E-state index is 12.9. The third kappa shape index (κ3) is 1.46. The lowest BCUT2D eigenvalue weighted by Crippen LogP contribution is -2.21. The highest BCUT2D eigenvalue weighted by molar-refractivity contribution is 5.97. The number of pyridine rings is 2. The molecule has 0 amide bonds. The van der Waals surface area contributed by atoms with Crippen molar-refractivity contribution in [3.8, 4) is 0 Å². The van der Waals surface area contributed by atoms with Crippen molar-refractivity contribution in [3.05, 3.63) is 69.0 Å². The average molecular weight is 290 g/mol. The van der Waals surface area contributed by atoms with Gasteiger partial charge in [-0.2, -0.15) is 0 Å². The van der Waals surface area contributed by atoms with Gasteiger partial charge in [0.2, 0.25) is 10.9 Å². The second-order valence-corrected chi connectivity index (χ2v) is 5.51. The third-order valence-electron chi connectivity index (χ3n) is 4.35. The predicted molar refractivity (Wildman–Crippen MR) is 89.4 cm³/mol. The molecule has 0 atom stereocenters. The fourth-order valence-electron chi connectivity index (χ4n) is 3.25. The molecule has 0 N–H and O–H groups in total. The minimum atomic E-state index is -0.103. The molecule has 0 saturated heterocycles. The first-order valence-electron chi connectivity index (χ1n) is 7.10. The smallest absolute Gasteiger partial charge is 0.213 e. The number of para-hydroxylation sites is 2. The van der Waals surface area contributed by atoms with Gasteiger partial charge in [0.1, 0.15) is 11.0 Å². The highest BCUT2D eigenvalue weighted by Gasteiger charge is 2.16. The van der Waals surface area contributed by atoms with E-state index in [4.69, 9.17) is 0 Å². The molecule has 0 spiro atoms. The van der Waals surface area contributed by atoms with Crippen LogP contribution < -0.4 is 10.9 Å². The molecule has 4 rings (SSSR count). The van der Waals surface area contributed by atoms with Crippen LogP contribution in [0.15, 0.2) is 58.1 Å². The molecule has 2 aromatic carbocycles. The van der Waals surface area contributed by atoms with Gasteiger partial charge in [-0.3, -0.25) is 9.59 Å². The Morgan fingerprint density at radius 2 is 1.00 bits per heavy atom. The molecular weight excluding hydrogens is 276 g/mol. The molecule has 2 aromatic heterocycles. The Balaban J connectivity index is 2.49. The van der Waals surface area contributed by atoms with E-state index in [9.17, 15) is 9.59 Å². The molecule has 0 radical (unpaired) electrons. The molecule has 22 heavy (non-hydrogen) atoms. The van der Waals surface area contributed by atoms with Crippen LogP contribution in [-0.4, -0.2) is 9.13 Å². The zero-order valence-electron chi connectivity index (χ0n) is 12.3. The van der Waals surface area contributed by atoms with E-state index < -0.39 is 0 Å². The van der Waals surface area contributed by atoms with Crippen LogP contribution in [0.5, 0.6) is 0 Å². The predicted octanol–water partition coefficient (Wildman–Crippen LogP) is 2.54. The summed E-state index contributed by atoms with van der Waals surface area (Å²) in [6, 6.07) is 14.8. The Morgan fingerprint density at radius 3 is 1.41 bits per heavy atom. The van der Waals surface area contributed by atoms with Gasteiger partial charge in [-0.1, -0.05) is 24.3 Å². The van der Waals surface area contributed by atoms with Crippen LogP contribution in [0.4, 0.5) is 0 Å². The van der Waals surface area contributed by atoms with Crippen LogP contribution >= 0.6 is 0 Å². The van der Waals surface area contributed by atoms with Crippen LogP contribution in [0.1, 0.15) is 0 Å². The molecule has 0 aliphatic rings. The van der Waals surface area contributed by atoms with E-state index in [0.29, 0.717) is 21.8 Å². The van der Waals surface area contributed by atoms with Gasteiger partial charge >= 0.3 is 0 Å². The van der Waals surface area contributed by atoms with E-state index in [1.165, 1.54) is 0 Å². The van der Waals surface area contributed by atoms with E-state index in [-0.39, 0.29) is 10.9 Å².